The third-order valence-corrected chi connectivity index (χ3v) is 2.74. The molecule has 0 aliphatic rings. The molecule has 0 aliphatic heterocycles. The first-order valence-corrected chi connectivity index (χ1v) is 4.70. The van der Waals surface area contributed by atoms with E-state index >= 15 is 0 Å². The van der Waals surface area contributed by atoms with Gasteiger partial charge in [-0.2, -0.15) is 5.26 Å². The van der Waals surface area contributed by atoms with Gasteiger partial charge in [-0.05, 0) is 17.9 Å². The van der Waals surface area contributed by atoms with Crippen molar-refractivity contribution in [3.63, 3.8) is 0 Å². The quantitative estimate of drug-likeness (QED) is 0.712. The van der Waals surface area contributed by atoms with Gasteiger partial charge in [0.1, 0.15) is 10.4 Å². The zero-order valence-corrected chi connectivity index (χ0v) is 8.41. The number of aryl methyl sites for hydroxylation is 1. The van der Waals surface area contributed by atoms with Crippen LogP contribution in [0.2, 0.25) is 4.34 Å². The molecular formula is C8H6ClNO2S. The maximum absolute atomic E-state index is 11.3. The number of nitrogens with zero attached hydrogens (tertiary/aromatic N) is 1. The van der Waals surface area contributed by atoms with Crippen LogP contribution in [0, 0.1) is 18.3 Å². The molecule has 1 aromatic rings. The summed E-state index contributed by atoms with van der Waals surface area (Å²) in [5.74, 6) is -0.537. The van der Waals surface area contributed by atoms with Crippen LogP contribution in [0.3, 0.4) is 0 Å². The molecular weight excluding hydrogens is 210 g/mol. The van der Waals surface area contributed by atoms with Crippen molar-refractivity contribution in [2.45, 2.75) is 6.92 Å². The second-order valence-corrected chi connectivity index (χ2v) is 3.78. The number of ether oxygens (including phenoxy) is 1. The number of hydrogen-bond donors (Lipinski definition) is 0. The largest absolute Gasteiger partial charge is 0.447 e. The molecule has 0 saturated carbocycles. The number of rotatable bonds is 2. The predicted octanol–water partition coefficient (Wildman–Crippen LogP) is 2.39. The van der Waals surface area contributed by atoms with Crippen molar-refractivity contribution in [3.05, 3.63) is 20.8 Å². The van der Waals surface area contributed by atoms with E-state index in [1.807, 2.05) is 0 Å². The van der Waals surface area contributed by atoms with Gasteiger partial charge in [-0.25, -0.2) is 4.79 Å². The van der Waals surface area contributed by atoms with E-state index in [1.165, 1.54) is 11.3 Å². The number of carbonyl (C=O) groups is 1. The Bertz CT molecular complexity index is 347. The van der Waals surface area contributed by atoms with Gasteiger partial charge in [0.05, 0.1) is 5.56 Å². The van der Waals surface area contributed by atoms with Crippen LogP contribution in [0.25, 0.3) is 0 Å². The Morgan fingerprint density at radius 2 is 2.54 bits per heavy atom. The highest BCUT2D eigenvalue weighted by molar-refractivity contribution is 7.15. The number of carbonyl (C=O) groups excluding carboxylic acids is 1. The standard InChI is InChI=1S/C8H6ClNO2S/c1-5-4-13-7(9)6(5)8(11)12-3-2-10/h4H,3H2,1H3. The van der Waals surface area contributed by atoms with Crippen LogP contribution in [0.4, 0.5) is 0 Å². The lowest BCUT2D eigenvalue weighted by atomic mass is 10.2. The molecule has 0 radical (unpaired) electrons. The lowest BCUT2D eigenvalue weighted by Gasteiger charge is -1.99. The van der Waals surface area contributed by atoms with Gasteiger partial charge in [0.25, 0.3) is 0 Å². The highest BCUT2D eigenvalue weighted by Crippen LogP contribution is 2.27. The highest BCUT2D eigenvalue weighted by Gasteiger charge is 2.16. The summed E-state index contributed by atoms with van der Waals surface area (Å²) >= 11 is 7.03. The first-order chi connectivity index (χ1) is 6.16. The molecule has 13 heavy (non-hydrogen) atoms. The Labute approximate surface area is 84.5 Å². The van der Waals surface area contributed by atoms with Crippen molar-refractivity contribution < 1.29 is 9.53 Å². The van der Waals surface area contributed by atoms with Crippen molar-refractivity contribution in [3.8, 4) is 6.07 Å². The highest BCUT2D eigenvalue weighted by atomic mass is 35.5. The molecule has 0 bridgehead atoms. The normalized spacial score (nSPS) is 9.31. The molecule has 0 atom stereocenters. The first-order valence-electron chi connectivity index (χ1n) is 3.44. The molecule has 5 heteroatoms. The number of halogens is 1. The molecule has 0 amide bonds. The van der Waals surface area contributed by atoms with Crippen molar-refractivity contribution in [2.24, 2.45) is 0 Å². The van der Waals surface area contributed by atoms with E-state index in [2.05, 4.69) is 4.74 Å². The predicted molar refractivity (Wildman–Crippen MR) is 50.0 cm³/mol. The van der Waals surface area contributed by atoms with Crippen LogP contribution in [0.1, 0.15) is 15.9 Å². The number of esters is 1. The van der Waals surface area contributed by atoms with Crippen LogP contribution >= 0.6 is 22.9 Å². The minimum absolute atomic E-state index is 0.246. The SMILES string of the molecule is Cc1csc(Cl)c1C(=O)OCC#N. The molecule has 1 heterocycles. The summed E-state index contributed by atoms with van der Waals surface area (Å²) in [5, 5.41) is 9.96. The summed E-state index contributed by atoms with van der Waals surface area (Å²) in [4.78, 5) is 11.3. The smallest absolute Gasteiger partial charge is 0.341 e. The Morgan fingerprint density at radius 3 is 3.00 bits per heavy atom. The van der Waals surface area contributed by atoms with Gasteiger partial charge >= 0.3 is 5.97 Å². The summed E-state index contributed by atoms with van der Waals surface area (Å²) < 4.78 is 5.02. The molecule has 0 fully saturated rings. The zero-order chi connectivity index (χ0) is 9.84. The van der Waals surface area contributed by atoms with E-state index in [-0.39, 0.29) is 6.61 Å². The fraction of sp³-hybridized carbons (Fsp3) is 0.250. The molecule has 0 N–H and O–H groups in total. The van der Waals surface area contributed by atoms with Crippen molar-refractivity contribution in [1.29, 1.82) is 5.26 Å². The van der Waals surface area contributed by atoms with E-state index in [0.717, 1.165) is 5.56 Å². The number of nitriles is 1. The minimum atomic E-state index is -0.537. The van der Waals surface area contributed by atoms with E-state index in [4.69, 9.17) is 16.9 Å². The molecule has 0 saturated heterocycles. The van der Waals surface area contributed by atoms with Crippen molar-refractivity contribution in [1.82, 2.24) is 0 Å². The van der Waals surface area contributed by atoms with Crippen LogP contribution < -0.4 is 0 Å². The van der Waals surface area contributed by atoms with Gasteiger partial charge in [-0.1, -0.05) is 11.6 Å². The maximum Gasteiger partial charge on any atom is 0.341 e. The Balaban J connectivity index is 2.83. The molecule has 0 aromatic carbocycles. The van der Waals surface area contributed by atoms with Gasteiger partial charge in [0, 0.05) is 0 Å². The van der Waals surface area contributed by atoms with E-state index in [1.54, 1.807) is 18.4 Å². The third-order valence-electron chi connectivity index (χ3n) is 1.40. The second-order valence-electron chi connectivity index (χ2n) is 2.30. The molecule has 0 unspecified atom stereocenters. The van der Waals surface area contributed by atoms with E-state index < -0.39 is 5.97 Å². The van der Waals surface area contributed by atoms with Crippen LogP contribution in [0.15, 0.2) is 5.38 Å². The molecule has 1 aromatic heterocycles. The molecule has 0 spiro atoms. The van der Waals surface area contributed by atoms with Gasteiger partial charge in [-0.3, -0.25) is 0 Å². The van der Waals surface area contributed by atoms with Gasteiger partial charge in [0.2, 0.25) is 0 Å². The minimum Gasteiger partial charge on any atom is -0.447 e. The van der Waals surface area contributed by atoms with E-state index in [0.29, 0.717) is 9.90 Å². The van der Waals surface area contributed by atoms with E-state index in [9.17, 15) is 4.79 Å². The summed E-state index contributed by atoms with van der Waals surface area (Å²) in [7, 11) is 0. The maximum atomic E-state index is 11.3. The van der Waals surface area contributed by atoms with Crippen molar-refractivity contribution in [2.75, 3.05) is 6.61 Å². The Hall–Kier alpha value is -1.05. The summed E-state index contributed by atoms with van der Waals surface area (Å²) in [6.45, 7) is 1.52. The zero-order valence-electron chi connectivity index (χ0n) is 6.83. The van der Waals surface area contributed by atoms with Gasteiger partial charge in [-0.15, -0.1) is 11.3 Å². The topological polar surface area (TPSA) is 50.1 Å². The van der Waals surface area contributed by atoms with Gasteiger partial charge < -0.3 is 4.74 Å². The number of thiophene rings is 1. The molecule has 68 valence electrons. The summed E-state index contributed by atoms with van der Waals surface area (Å²) in [5.41, 5.74) is 1.14. The average molecular weight is 216 g/mol. The fourth-order valence-electron chi connectivity index (χ4n) is 0.824. The number of hydrogen-bond acceptors (Lipinski definition) is 4. The monoisotopic (exact) mass is 215 g/mol. The Morgan fingerprint density at radius 1 is 1.85 bits per heavy atom. The van der Waals surface area contributed by atoms with Gasteiger partial charge in [0.15, 0.2) is 6.61 Å². The van der Waals surface area contributed by atoms with Crippen LogP contribution in [-0.2, 0) is 4.74 Å². The lowest BCUT2D eigenvalue weighted by Crippen LogP contribution is -2.05. The summed E-state index contributed by atoms with van der Waals surface area (Å²) in [6, 6.07) is 1.72. The summed E-state index contributed by atoms with van der Waals surface area (Å²) in [6.07, 6.45) is 0. The first kappa shape index (κ1) is 10.0. The lowest BCUT2D eigenvalue weighted by molar-refractivity contribution is 0.0555. The van der Waals surface area contributed by atoms with Crippen molar-refractivity contribution >= 4 is 28.9 Å². The Kier molecular flexibility index (Phi) is 3.29. The van der Waals surface area contributed by atoms with Crippen LogP contribution in [-0.4, -0.2) is 12.6 Å². The fourth-order valence-corrected chi connectivity index (χ4v) is 1.94. The second kappa shape index (κ2) is 4.26. The third kappa shape index (κ3) is 2.20. The van der Waals surface area contributed by atoms with Crippen LogP contribution in [0.5, 0.6) is 0 Å². The molecule has 1 rings (SSSR count). The molecule has 0 aliphatic carbocycles. The molecule has 3 nitrogen and oxygen atoms in total. The average Bonchev–Trinajstić information content (AvgIpc) is 2.42.